The molecule has 10 heavy (non-hydrogen) atoms. The van der Waals surface area contributed by atoms with Crippen molar-refractivity contribution in [1.29, 1.82) is 0 Å². The average Bonchev–Trinajstić information content (AvgIpc) is 1.95. The minimum atomic E-state index is 0.0400. The summed E-state index contributed by atoms with van der Waals surface area (Å²) in [6.45, 7) is 0.0400. The Kier molecular flexibility index (Phi) is 2.77. The lowest BCUT2D eigenvalue weighted by Gasteiger charge is -2.01. The minimum absolute atomic E-state index is 0.0400. The van der Waals surface area contributed by atoms with Gasteiger partial charge in [-0.25, -0.2) is 0 Å². The van der Waals surface area contributed by atoms with E-state index >= 15 is 0 Å². The van der Waals surface area contributed by atoms with E-state index < -0.39 is 0 Å². The Morgan fingerprint density at radius 2 is 2.20 bits per heavy atom. The lowest BCUT2D eigenvalue weighted by atomic mass is 10.2. The molecule has 0 spiro atoms. The Morgan fingerprint density at radius 3 is 2.70 bits per heavy atom. The Morgan fingerprint density at radius 1 is 1.50 bits per heavy atom. The first kappa shape index (κ1) is 8.11. The maximum absolute atomic E-state index is 8.77. The van der Waals surface area contributed by atoms with Crippen molar-refractivity contribution in [1.82, 2.24) is 0 Å². The Balaban J connectivity index is 3.14. The van der Waals surface area contributed by atoms with Gasteiger partial charge in [0.25, 0.3) is 0 Å². The first-order valence-corrected chi connectivity index (χ1v) is 4.07. The Labute approximate surface area is 73.6 Å². The van der Waals surface area contributed by atoms with Gasteiger partial charge in [0.15, 0.2) is 0 Å². The maximum Gasteiger partial charge on any atom is 0.0693 e. The molecule has 0 aliphatic rings. The largest absolute Gasteiger partial charge is 0.392 e. The molecule has 0 amide bonds. The lowest BCUT2D eigenvalue weighted by molar-refractivity contribution is 0.279. The van der Waals surface area contributed by atoms with Crippen LogP contribution < -0.4 is 0 Å². The summed E-state index contributed by atoms with van der Waals surface area (Å²) in [6, 6.07) is 5.60. The highest BCUT2D eigenvalue weighted by Gasteiger charge is 1.99. The lowest BCUT2D eigenvalue weighted by Crippen LogP contribution is -1.84. The monoisotopic (exact) mass is 218 g/mol. The van der Waals surface area contributed by atoms with Crippen LogP contribution in [0.4, 0.5) is 0 Å². The van der Waals surface area contributed by atoms with Gasteiger partial charge in [-0.3, -0.25) is 0 Å². The topological polar surface area (TPSA) is 20.2 Å². The second-order valence-electron chi connectivity index (χ2n) is 1.91. The predicted molar refractivity (Wildman–Crippen MR) is 47.3 cm³/mol. The zero-order valence-electron chi connectivity index (χ0n) is 5.21. The number of hydrogen-bond acceptors (Lipinski definition) is 2. The number of benzene rings is 1. The van der Waals surface area contributed by atoms with E-state index in [-0.39, 0.29) is 6.61 Å². The molecule has 1 rings (SSSR count). The number of aliphatic hydroxyl groups excluding tert-OH is 1. The normalized spacial score (nSPS) is 9.90. The van der Waals surface area contributed by atoms with Crippen molar-refractivity contribution >= 4 is 28.6 Å². The molecule has 0 fully saturated rings. The van der Waals surface area contributed by atoms with E-state index in [2.05, 4.69) is 28.6 Å². The third-order valence-electron chi connectivity index (χ3n) is 1.24. The molecule has 1 aromatic rings. The van der Waals surface area contributed by atoms with Crippen molar-refractivity contribution in [3.05, 3.63) is 28.2 Å². The van der Waals surface area contributed by atoms with Crippen LogP contribution in [-0.2, 0) is 6.61 Å². The molecule has 0 aliphatic heterocycles. The highest BCUT2D eigenvalue weighted by atomic mass is 79.9. The van der Waals surface area contributed by atoms with Crippen LogP contribution in [0.15, 0.2) is 27.6 Å². The van der Waals surface area contributed by atoms with Crippen molar-refractivity contribution < 1.29 is 5.11 Å². The van der Waals surface area contributed by atoms with Crippen LogP contribution in [0.3, 0.4) is 0 Å². The number of hydrogen-bond donors (Lipinski definition) is 2. The second kappa shape index (κ2) is 3.42. The van der Waals surface area contributed by atoms with Crippen LogP contribution in [-0.4, -0.2) is 5.11 Å². The van der Waals surface area contributed by atoms with Gasteiger partial charge in [0.2, 0.25) is 0 Å². The predicted octanol–water partition coefficient (Wildman–Crippen LogP) is 2.23. The Hall–Kier alpha value is 0.01000. The van der Waals surface area contributed by atoms with Crippen LogP contribution in [0.2, 0.25) is 0 Å². The molecule has 1 nitrogen and oxygen atoms in total. The first-order valence-electron chi connectivity index (χ1n) is 2.83. The fourth-order valence-corrected chi connectivity index (χ4v) is 1.31. The van der Waals surface area contributed by atoms with Crippen molar-refractivity contribution in [2.24, 2.45) is 0 Å². The fraction of sp³-hybridized carbons (Fsp3) is 0.143. The molecular weight excluding hydrogens is 212 g/mol. The molecule has 1 aromatic carbocycles. The first-order chi connectivity index (χ1) is 4.75. The van der Waals surface area contributed by atoms with E-state index in [1.807, 2.05) is 18.2 Å². The molecule has 1 N–H and O–H groups in total. The summed E-state index contributed by atoms with van der Waals surface area (Å²) in [4.78, 5) is 0.810. The van der Waals surface area contributed by atoms with Gasteiger partial charge in [0, 0.05) is 9.37 Å². The maximum atomic E-state index is 8.77. The average molecular weight is 219 g/mol. The summed E-state index contributed by atoms with van der Waals surface area (Å²) in [5.74, 6) is 0. The van der Waals surface area contributed by atoms with Crippen LogP contribution in [0.5, 0.6) is 0 Å². The van der Waals surface area contributed by atoms with Gasteiger partial charge in [0.1, 0.15) is 0 Å². The third-order valence-corrected chi connectivity index (χ3v) is 2.74. The van der Waals surface area contributed by atoms with Crippen molar-refractivity contribution in [3.63, 3.8) is 0 Å². The van der Waals surface area contributed by atoms with E-state index in [4.69, 9.17) is 5.11 Å². The second-order valence-corrected chi connectivity index (χ2v) is 3.21. The molecule has 3 heteroatoms. The quantitative estimate of drug-likeness (QED) is 0.694. The molecule has 54 valence electrons. The van der Waals surface area contributed by atoms with Crippen LogP contribution in [0, 0.1) is 0 Å². The molecule has 0 saturated heterocycles. The number of aliphatic hydroxyl groups is 1. The fourth-order valence-electron chi connectivity index (χ4n) is 0.688. The van der Waals surface area contributed by atoms with E-state index in [0.717, 1.165) is 14.9 Å². The van der Waals surface area contributed by atoms with Crippen LogP contribution in [0.25, 0.3) is 0 Å². The molecule has 0 unspecified atom stereocenters. The Bertz CT molecular complexity index is 237. The summed E-state index contributed by atoms with van der Waals surface area (Å²) < 4.78 is 0.919. The van der Waals surface area contributed by atoms with E-state index in [0.29, 0.717) is 0 Å². The highest BCUT2D eigenvalue weighted by molar-refractivity contribution is 9.10. The van der Waals surface area contributed by atoms with Gasteiger partial charge in [-0.15, -0.1) is 12.6 Å². The molecule has 0 aromatic heterocycles. The van der Waals surface area contributed by atoms with E-state index in [1.54, 1.807) is 0 Å². The standard InChI is InChI=1S/C7H7BrOS/c8-6-3-1-2-5(4-9)7(6)10/h1-3,9-10H,4H2. The van der Waals surface area contributed by atoms with Gasteiger partial charge in [-0.2, -0.15) is 0 Å². The zero-order chi connectivity index (χ0) is 7.56. The third kappa shape index (κ3) is 1.54. The molecule has 0 radical (unpaired) electrons. The minimum Gasteiger partial charge on any atom is -0.392 e. The molecule has 0 aliphatic carbocycles. The van der Waals surface area contributed by atoms with E-state index in [9.17, 15) is 0 Å². The smallest absolute Gasteiger partial charge is 0.0693 e. The molecular formula is C7H7BrOS. The molecule has 0 saturated carbocycles. The van der Waals surface area contributed by atoms with Gasteiger partial charge in [-0.05, 0) is 27.6 Å². The molecule has 0 heterocycles. The van der Waals surface area contributed by atoms with Crippen LogP contribution >= 0.6 is 28.6 Å². The number of rotatable bonds is 1. The van der Waals surface area contributed by atoms with Crippen molar-refractivity contribution in [2.75, 3.05) is 0 Å². The number of halogens is 1. The van der Waals surface area contributed by atoms with Crippen LogP contribution in [0.1, 0.15) is 5.56 Å². The SMILES string of the molecule is OCc1cccc(Br)c1S. The van der Waals surface area contributed by atoms with Gasteiger partial charge >= 0.3 is 0 Å². The highest BCUT2D eigenvalue weighted by Crippen LogP contribution is 2.23. The van der Waals surface area contributed by atoms with Gasteiger partial charge < -0.3 is 5.11 Å². The molecule has 0 bridgehead atoms. The molecule has 0 atom stereocenters. The summed E-state index contributed by atoms with van der Waals surface area (Å²) in [5, 5.41) is 8.77. The summed E-state index contributed by atoms with van der Waals surface area (Å²) >= 11 is 7.48. The van der Waals surface area contributed by atoms with Gasteiger partial charge in [0.05, 0.1) is 6.61 Å². The number of thiol groups is 1. The van der Waals surface area contributed by atoms with Gasteiger partial charge in [-0.1, -0.05) is 12.1 Å². The van der Waals surface area contributed by atoms with Crippen molar-refractivity contribution in [3.8, 4) is 0 Å². The summed E-state index contributed by atoms with van der Waals surface area (Å²) in [6.07, 6.45) is 0. The zero-order valence-corrected chi connectivity index (χ0v) is 7.69. The summed E-state index contributed by atoms with van der Waals surface area (Å²) in [5.41, 5.74) is 0.845. The van der Waals surface area contributed by atoms with E-state index in [1.165, 1.54) is 0 Å². The van der Waals surface area contributed by atoms with Crippen molar-refractivity contribution in [2.45, 2.75) is 11.5 Å². The summed E-state index contributed by atoms with van der Waals surface area (Å²) in [7, 11) is 0.